The first kappa shape index (κ1) is 11.4. The highest BCUT2D eigenvalue weighted by molar-refractivity contribution is 6.79. The summed E-state index contributed by atoms with van der Waals surface area (Å²) >= 11 is 0. The van der Waals surface area contributed by atoms with Crippen molar-refractivity contribution in [2.75, 3.05) is 0 Å². The average molecular weight is 185 g/mol. The standard InChI is InChI=1S/C9H19NOSi/c1-7-8(11)10-12(5,6)9(2,3)4/h7H,1H2,2-6H3,(H,10,11). The Balaban J connectivity index is 4.43. The van der Waals surface area contributed by atoms with Crippen LogP contribution in [0.3, 0.4) is 0 Å². The van der Waals surface area contributed by atoms with Gasteiger partial charge in [0.2, 0.25) is 5.91 Å². The quantitative estimate of drug-likeness (QED) is 0.519. The second-order valence-corrected chi connectivity index (χ2v) is 9.57. The summed E-state index contributed by atoms with van der Waals surface area (Å²) in [5.41, 5.74) is 0. The summed E-state index contributed by atoms with van der Waals surface area (Å²) in [4.78, 5) is 14.1. The van der Waals surface area contributed by atoms with E-state index in [1.54, 1.807) is 0 Å². The van der Waals surface area contributed by atoms with Crippen LogP contribution in [0.2, 0.25) is 18.1 Å². The number of carbonyl (C=O) groups is 1. The first-order valence-electron chi connectivity index (χ1n) is 4.15. The maximum atomic E-state index is 11.1. The van der Waals surface area contributed by atoms with Crippen LogP contribution in [0.4, 0.5) is 0 Å². The van der Waals surface area contributed by atoms with Gasteiger partial charge in [-0.2, -0.15) is 0 Å². The first-order chi connectivity index (χ1) is 5.20. The van der Waals surface area contributed by atoms with Crippen molar-refractivity contribution in [1.29, 1.82) is 0 Å². The molecule has 2 nitrogen and oxygen atoms in total. The summed E-state index contributed by atoms with van der Waals surface area (Å²) in [5, 5.41) is 0.186. The zero-order chi connectivity index (χ0) is 9.99. The third-order valence-electron chi connectivity index (χ3n) is 2.50. The van der Waals surface area contributed by atoms with E-state index in [-0.39, 0.29) is 10.9 Å². The topological polar surface area (TPSA) is 29.1 Å². The van der Waals surface area contributed by atoms with Crippen molar-refractivity contribution >= 4 is 14.1 Å². The molecule has 70 valence electrons. The van der Waals surface area contributed by atoms with Crippen LogP contribution in [0.1, 0.15) is 20.8 Å². The van der Waals surface area contributed by atoms with Crippen LogP contribution in [0.25, 0.3) is 0 Å². The molecule has 1 N–H and O–H groups in total. The van der Waals surface area contributed by atoms with Crippen molar-refractivity contribution in [1.82, 2.24) is 4.98 Å². The summed E-state index contributed by atoms with van der Waals surface area (Å²) in [6, 6.07) is 0. The molecule has 0 radical (unpaired) electrons. The van der Waals surface area contributed by atoms with Crippen LogP contribution >= 0.6 is 0 Å². The summed E-state index contributed by atoms with van der Waals surface area (Å²) in [5.74, 6) is -0.0541. The lowest BCUT2D eigenvalue weighted by atomic mass is 10.2. The van der Waals surface area contributed by atoms with Crippen molar-refractivity contribution < 1.29 is 4.79 Å². The zero-order valence-corrected chi connectivity index (χ0v) is 9.69. The number of hydrogen-bond acceptors (Lipinski definition) is 1. The van der Waals surface area contributed by atoms with Crippen LogP contribution in [-0.2, 0) is 4.79 Å². The minimum Gasteiger partial charge on any atom is -0.378 e. The molecular weight excluding hydrogens is 166 g/mol. The van der Waals surface area contributed by atoms with Crippen molar-refractivity contribution in [2.45, 2.75) is 38.9 Å². The highest BCUT2D eigenvalue weighted by Gasteiger charge is 2.36. The van der Waals surface area contributed by atoms with Crippen molar-refractivity contribution in [3.8, 4) is 0 Å². The molecule has 0 rings (SSSR count). The fourth-order valence-electron chi connectivity index (χ4n) is 0.547. The molecule has 0 fully saturated rings. The van der Waals surface area contributed by atoms with E-state index >= 15 is 0 Å². The molecular formula is C9H19NOSi. The smallest absolute Gasteiger partial charge is 0.235 e. The lowest BCUT2D eigenvalue weighted by molar-refractivity contribution is -0.115. The SMILES string of the molecule is C=CC(=O)N[Si](C)(C)C(C)(C)C. The van der Waals surface area contributed by atoms with Gasteiger partial charge in [-0.15, -0.1) is 0 Å². The van der Waals surface area contributed by atoms with E-state index in [1.165, 1.54) is 6.08 Å². The van der Waals surface area contributed by atoms with Gasteiger partial charge in [0, 0.05) is 0 Å². The molecule has 0 aliphatic rings. The van der Waals surface area contributed by atoms with E-state index in [2.05, 4.69) is 45.4 Å². The third-order valence-corrected chi connectivity index (χ3v) is 7.12. The molecule has 0 spiro atoms. The van der Waals surface area contributed by atoms with Gasteiger partial charge < -0.3 is 4.98 Å². The Labute approximate surface area is 76.1 Å². The van der Waals surface area contributed by atoms with E-state index in [0.717, 1.165) is 0 Å². The largest absolute Gasteiger partial charge is 0.378 e. The number of amides is 1. The number of carbonyl (C=O) groups excluding carboxylic acids is 1. The Morgan fingerprint density at radius 1 is 1.42 bits per heavy atom. The highest BCUT2D eigenvalue weighted by atomic mass is 28.3. The van der Waals surface area contributed by atoms with Gasteiger partial charge in [0.25, 0.3) is 0 Å². The summed E-state index contributed by atoms with van der Waals surface area (Å²) in [6.45, 7) is 14.2. The van der Waals surface area contributed by atoms with E-state index in [1.807, 2.05) is 0 Å². The number of nitrogens with one attached hydrogen (secondary N) is 1. The molecule has 0 atom stereocenters. The number of hydrogen-bond donors (Lipinski definition) is 1. The Hall–Kier alpha value is -0.573. The Bertz CT molecular complexity index is 191. The molecule has 0 unspecified atom stereocenters. The van der Waals surface area contributed by atoms with Crippen LogP contribution < -0.4 is 4.98 Å². The predicted octanol–water partition coefficient (Wildman–Crippen LogP) is 2.29. The third kappa shape index (κ3) is 2.81. The van der Waals surface area contributed by atoms with E-state index in [4.69, 9.17) is 0 Å². The van der Waals surface area contributed by atoms with Gasteiger partial charge in [-0.25, -0.2) is 0 Å². The molecule has 0 heterocycles. The zero-order valence-electron chi connectivity index (χ0n) is 8.69. The molecule has 0 aromatic rings. The van der Waals surface area contributed by atoms with Gasteiger partial charge >= 0.3 is 0 Å². The van der Waals surface area contributed by atoms with Crippen molar-refractivity contribution in [3.05, 3.63) is 12.7 Å². The molecule has 0 aliphatic heterocycles. The van der Waals surface area contributed by atoms with E-state index in [0.29, 0.717) is 0 Å². The minimum atomic E-state index is -1.66. The summed E-state index contributed by atoms with van der Waals surface area (Å²) in [6.07, 6.45) is 1.33. The van der Waals surface area contributed by atoms with Crippen molar-refractivity contribution in [3.63, 3.8) is 0 Å². The molecule has 0 bridgehead atoms. The fraction of sp³-hybridized carbons (Fsp3) is 0.667. The van der Waals surface area contributed by atoms with Crippen LogP contribution in [0.15, 0.2) is 12.7 Å². The maximum Gasteiger partial charge on any atom is 0.235 e. The minimum absolute atomic E-state index is 0.0541. The summed E-state index contributed by atoms with van der Waals surface area (Å²) < 4.78 is 0. The summed E-state index contributed by atoms with van der Waals surface area (Å²) in [7, 11) is -1.66. The maximum absolute atomic E-state index is 11.1. The number of rotatable bonds is 2. The lowest BCUT2D eigenvalue weighted by Crippen LogP contribution is -2.54. The first-order valence-corrected chi connectivity index (χ1v) is 7.15. The Morgan fingerprint density at radius 3 is 2.08 bits per heavy atom. The Kier molecular flexibility index (Phi) is 3.27. The second-order valence-electron chi connectivity index (χ2n) is 4.57. The predicted molar refractivity (Wildman–Crippen MR) is 55.5 cm³/mol. The average Bonchev–Trinajstić information content (AvgIpc) is 1.84. The van der Waals surface area contributed by atoms with Gasteiger partial charge in [0.15, 0.2) is 8.24 Å². The monoisotopic (exact) mass is 185 g/mol. The highest BCUT2D eigenvalue weighted by Crippen LogP contribution is 2.33. The van der Waals surface area contributed by atoms with Gasteiger partial charge in [-0.05, 0) is 11.1 Å². The second kappa shape index (κ2) is 3.43. The van der Waals surface area contributed by atoms with Gasteiger partial charge in [-0.1, -0.05) is 40.4 Å². The lowest BCUT2D eigenvalue weighted by Gasteiger charge is -2.36. The fourth-order valence-corrected chi connectivity index (χ4v) is 1.64. The molecule has 0 aromatic carbocycles. The molecule has 0 aromatic heterocycles. The van der Waals surface area contributed by atoms with Gasteiger partial charge in [0.1, 0.15) is 0 Å². The van der Waals surface area contributed by atoms with Crippen LogP contribution in [0.5, 0.6) is 0 Å². The molecule has 1 amide bonds. The Morgan fingerprint density at radius 2 is 1.83 bits per heavy atom. The molecule has 3 heteroatoms. The van der Waals surface area contributed by atoms with Gasteiger partial charge in [-0.3, -0.25) is 4.79 Å². The van der Waals surface area contributed by atoms with Crippen molar-refractivity contribution in [2.24, 2.45) is 0 Å². The van der Waals surface area contributed by atoms with E-state index < -0.39 is 8.24 Å². The molecule has 0 aliphatic carbocycles. The molecule has 0 saturated heterocycles. The normalized spacial score (nSPS) is 12.4. The van der Waals surface area contributed by atoms with Crippen LogP contribution in [0, 0.1) is 0 Å². The van der Waals surface area contributed by atoms with E-state index in [9.17, 15) is 4.79 Å². The van der Waals surface area contributed by atoms with Gasteiger partial charge in [0.05, 0.1) is 0 Å². The molecule has 12 heavy (non-hydrogen) atoms. The molecule has 0 saturated carbocycles. The van der Waals surface area contributed by atoms with Crippen LogP contribution in [-0.4, -0.2) is 14.1 Å².